The van der Waals surface area contributed by atoms with Gasteiger partial charge in [0, 0.05) is 5.92 Å². The monoisotopic (exact) mass is 362 g/mol. The highest BCUT2D eigenvalue weighted by molar-refractivity contribution is 6.35. The lowest BCUT2D eigenvalue weighted by Gasteiger charge is -2.24. The highest BCUT2D eigenvalue weighted by Gasteiger charge is 2.64. The highest BCUT2D eigenvalue weighted by Crippen LogP contribution is 2.39. The Morgan fingerprint density at radius 2 is 1.77 bits per heavy atom. The minimum atomic E-state index is -2.47. The molecule has 5 heteroatoms. The van der Waals surface area contributed by atoms with E-state index in [1.165, 1.54) is 0 Å². The highest BCUT2D eigenvalue weighted by atomic mass is 16.3. The van der Waals surface area contributed by atoms with E-state index in [2.05, 4.69) is 0 Å². The van der Waals surface area contributed by atoms with Crippen molar-refractivity contribution in [3.63, 3.8) is 0 Å². The van der Waals surface area contributed by atoms with E-state index in [-0.39, 0.29) is 12.3 Å². The number of carbonyl (C=O) groups is 4. The minimum absolute atomic E-state index is 0.0449. The van der Waals surface area contributed by atoms with Crippen molar-refractivity contribution in [3.05, 3.63) is 23.8 Å². The van der Waals surface area contributed by atoms with Gasteiger partial charge >= 0.3 is 0 Å². The number of hydrogen-bond donors (Lipinski definition) is 1. The molecule has 0 aliphatic heterocycles. The number of aliphatic hydroxyl groups is 1. The molecular formula is C21H30O5. The number of allylic oxidation sites excluding steroid dienone is 3. The molecule has 0 aromatic heterocycles. The van der Waals surface area contributed by atoms with E-state index in [9.17, 15) is 24.3 Å². The van der Waals surface area contributed by atoms with Crippen molar-refractivity contribution in [1.82, 2.24) is 0 Å². The summed E-state index contributed by atoms with van der Waals surface area (Å²) in [5, 5.41) is 11.0. The molecule has 1 aliphatic rings. The van der Waals surface area contributed by atoms with Gasteiger partial charge in [0.1, 0.15) is 5.92 Å². The van der Waals surface area contributed by atoms with Crippen LogP contribution in [0.1, 0.15) is 54.4 Å². The molecule has 0 amide bonds. The Kier molecular flexibility index (Phi) is 7.39. The predicted molar refractivity (Wildman–Crippen MR) is 99.4 cm³/mol. The molecule has 0 radical (unpaired) electrons. The molecule has 0 aromatic carbocycles. The average molecular weight is 362 g/mol. The largest absolute Gasteiger partial charge is 0.374 e. The van der Waals surface area contributed by atoms with Crippen LogP contribution < -0.4 is 0 Å². The van der Waals surface area contributed by atoms with Crippen LogP contribution in [0, 0.1) is 23.7 Å². The number of rotatable bonds is 8. The maximum atomic E-state index is 12.9. The van der Waals surface area contributed by atoms with Gasteiger partial charge in [-0.3, -0.25) is 19.2 Å². The van der Waals surface area contributed by atoms with Gasteiger partial charge in [0.05, 0.1) is 5.92 Å². The topological polar surface area (TPSA) is 88.5 Å². The fourth-order valence-corrected chi connectivity index (χ4v) is 3.02. The molecule has 4 unspecified atom stereocenters. The van der Waals surface area contributed by atoms with Gasteiger partial charge < -0.3 is 5.11 Å². The first-order valence-corrected chi connectivity index (χ1v) is 9.18. The third-order valence-electron chi connectivity index (χ3n) is 4.92. The zero-order chi connectivity index (χ0) is 20.2. The van der Waals surface area contributed by atoms with Crippen molar-refractivity contribution >= 4 is 23.1 Å². The Hall–Kier alpha value is -1.88. The molecule has 1 aliphatic carbocycles. The van der Waals surface area contributed by atoms with E-state index in [0.29, 0.717) is 6.42 Å². The lowest BCUT2D eigenvalue weighted by molar-refractivity contribution is -0.151. The second-order valence-electron chi connectivity index (χ2n) is 7.71. The standard InChI is InChI=1S/C21H30O5/c1-7-14(6)18(23)17-19(24)15(10-8-12(2)3)21(26,20(17)25)16(22)11-9-13(4)5/h8-9,11,13-15,17,26H,7,10H2,1-6H3/b11-9+. The summed E-state index contributed by atoms with van der Waals surface area (Å²) in [6, 6.07) is 0. The van der Waals surface area contributed by atoms with E-state index >= 15 is 0 Å². The van der Waals surface area contributed by atoms with Gasteiger partial charge in [0.2, 0.25) is 0 Å². The molecule has 0 spiro atoms. The summed E-state index contributed by atoms with van der Waals surface area (Å²) < 4.78 is 0. The third kappa shape index (κ3) is 4.26. The molecular weight excluding hydrogens is 332 g/mol. The average Bonchev–Trinajstić information content (AvgIpc) is 2.76. The maximum Gasteiger partial charge on any atom is 0.196 e. The van der Waals surface area contributed by atoms with Crippen LogP contribution in [0.4, 0.5) is 0 Å². The first-order valence-electron chi connectivity index (χ1n) is 9.18. The fraction of sp³-hybridized carbons (Fsp3) is 0.619. The van der Waals surface area contributed by atoms with Crippen LogP contribution >= 0.6 is 0 Å². The summed E-state index contributed by atoms with van der Waals surface area (Å²) in [6.45, 7) is 10.8. The summed E-state index contributed by atoms with van der Waals surface area (Å²) in [4.78, 5) is 50.9. The molecule has 4 atom stereocenters. The van der Waals surface area contributed by atoms with Crippen LogP contribution in [-0.4, -0.2) is 33.8 Å². The molecule has 144 valence electrons. The predicted octanol–water partition coefficient (Wildman–Crippen LogP) is 2.85. The summed E-state index contributed by atoms with van der Waals surface area (Å²) in [5.74, 6) is -6.18. The lowest BCUT2D eigenvalue weighted by Crippen LogP contribution is -2.49. The van der Waals surface area contributed by atoms with Crippen LogP contribution in [0.5, 0.6) is 0 Å². The van der Waals surface area contributed by atoms with Crippen molar-refractivity contribution in [2.45, 2.75) is 60.0 Å². The Morgan fingerprint density at radius 1 is 1.19 bits per heavy atom. The first-order chi connectivity index (χ1) is 12.0. The normalized spacial score (nSPS) is 27.2. The van der Waals surface area contributed by atoms with Gasteiger partial charge in [-0.05, 0) is 38.7 Å². The van der Waals surface area contributed by atoms with Crippen LogP contribution in [0.2, 0.25) is 0 Å². The Morgan fingerprint density at radius 3 is 2.23 bits per heavy atom. The van der Waals surface area contributed by atoms with Gasteiger partial charge in [0.15, 0.2) is 28.7 Å². The zero-order valence-corrected chi connectivity index (χ0v) is 16.5. The third-order valence-corrected chi connectivity index (χ3v) is 4.92. The molecule has 1 saturated carbocycles. The van der Waals surface area contributed by atoms with Crippen LogP contribution in [0.25, 0.3) is 0 Å². The van der Waals surface area contributed by atoms with E-state index in [0.717, 1.165) is 11.6 Å². The molecule has 0 saturated heterocycles. The number of Topliss-reactive ketones (excluding diaryl/α,β-unsaturated/α-hetero) is 3. The van der Waals surface area contributed by atoms with Crippen molar-refractivity contribution in [3.8, 4) is 0 Å². The van der Waals surface area contributed by atoms with Gasteiger partial charge in [0.25, 0.3) is 0 Å². The summed E-state index contributed by atoms with van der Waals surface area (Å²) in [7, 11) is 0. The van der Waals surface area contributed by atoms with E-state index in [4.69, 9.17) is 0 Å². The molecule has 0 heterocycles. The van der Waals surface area contributed by atoms with Crippen molar-refractivity contribution in [2.24, 2.45) is 23.7 Å². The van der Waals surface area contributed by atoms with E-state index in [1.807, 2.05) is 27.7 Å². The van der Waals surface area contributed by atoms with Crippen molar-refractivity contribution in [2.75, 3.05) is 0 Å². The smallest absolute Gasteiger partial charge is 0.196 e. The van der Waals surface area contributed by atoms with Crippen molar-refractivity contribution in [1.29, 1.82) is 0 Å². The SMILES string of the molecule is CCC(C)C(=O)C1C(=O)C(CC=C(C)C)C(O)(C(=O)/C=C/C(C)C)C1=O. The van der Waals surface area contributed by atoms with Crippen LogP contribution in [-0.2, 0) is 19.2 Å². The number of ketones is 4. The van der Waals surface area contributed by atoms with Crippen LogP contribution in [0.15, 0.2) is 23.8 Å². The second-order valence-corrected chi connectivity index (χ2v) is 7.71. The van der Waals surface area contributed by atoms with Gasteiger partial charge in [-0.1, -0.05) is 45.4 Å². The second kappa shape index (κ2) is 8.67. The molecule has 0 aromatic rings. The molecule has 26 heavy (non-hydrogen) atoms. The van der Waals surface area contributed by atoms with Gasteiger partial charge in [-0.15, -0.1) is 0 Å². The molecule has 1 rings (SSSR count). The van der Waals surface area contributed by atoms with Gasteiger partial charge in [-0.25, -0.2) is 0 Å². The number of hydrogen-bond acceptors (Lipinski definition) is 5. The van der Waals surface area contributed by atoms with Gasteiger partial charge in [-0.2, -0.15) is 0 Å². The number of carbonyl (C=O) groups excluding carboxylic acids is 4. The van der Waals surface area contributed by atoms with E-state index in [1.54, 1.807) is 26.0 Å². The molecule has 1 fully saturated rings. The lowest BCUT2D eigenvalue weighted by atomic mass is 9.82. The zero-order valence-electron chi connectivity index (χ0n) is 16.5. The molecule has 0 bridgehead atoms. The fourth-order valence-electron chi connectivity index (χ4n) is 3.02. The molecule has 5 nitrogen and oxygen atoms in total. The minimum Gasteiger partial charge on any atom is -0.374 e. The van der Waals surface area contributed by atoms with Crippen molar-refractivity contribution < 1.29 is 24.3 Å². The maximum absolute atomic E-state index is 12.9. The summed E-state index contributed by atoms with van der Waals surface area (Å²) in [6.07, 6.45) is 4.96. The summed E-state index contributed by atoms with van der Waals surface area (Å²) >= 11 is 0. The van der Waals surface area contributed by atoms with Crippen LogP contribution in [0.3, 0.4) is 0 Å². The van der Waals surface area contributed by atoms with E-state index < -0.39 is 46.5 Å². The first kappa shape index (κ1) is 22.2. The Labute approximate surface area is 155 Å². The molecule has 1 N–H and O–H groups in total. The summed E-state index contributed by atoms with van der Waals surface area (Å²) in [5.41, 5.74) is -1.57. The Balaban J connectivity index is 3.40. The Bertz CT molecular complexity index is 651. The quantitative estimate of drug-likeness (QED) is 0.407.